The van der Waals surface area contributed by atoms with Crippen molar-refractivity contribution < 1.29 is 14.5 Å². The predicted octanol–water partition coefficient (Wildman–Crippen LogP) is 1.85. The molecule has 1 unspecified atom stereocenters. The average molecular weight is 228 g/mol. The minimum Gasteiger partial charge on any atom is -0.313 e. The van der Waals surface area contributed by atoms with Crippen LogP contribution in [0, 0.1) is 15.9 Å². The van der Waals surface area contributed by atoms with E-state index in [0.717, 1.165) is 5.06 Å². The summed E-state index contributed by atoms with van der Waals surface area (Å²) in [6, 6.07) is 4.54. The van der Waals surface area contributed by atoms with Crippen LogP contribution >= 0.6 is 0 Å². The van der Waals surface area contributed by atoms with E-state index >= 15 is 0 Å². The monoisotopic (exact) mass is 228 g/mol. The van der Waals surface area contributed by atoms with Crippen molar-refractivity contribution in [3.8, 4) is 0 Å². The third-order valence-electron chi connectivity index (χ3n) is 2.26. The fourth-order valence-electron chi connectivity index (χ4n) is 1.42. The van der Waals surface area contributed by atoms with Crippen molar-refractivity contribution in [1.82, 2.24) is 5.06 Å². The predicted molar refractivity (Wildman–Crippen MR) is 55.2 cm³/mol. The van der Waals surface area contributed by atoms with Gasteiger partial charge in [0.1, 0.15) is 11.9 Å². The Labute approximate surface area is 92.2 Å². The maximum atomic E-state index is 12.7. The molecule has 0 fully saturated rings. The highest BCUT2D eigenvalue weighted by Gasteiger charge is 2.23. The van der Waals surface area contributed by atoms with E-state index in [1.54, 1.807) is 6.92 Å². The third kappa shape index (κ3) is 3.25. The number of nitrogens with zero attached hydrogens (tertiary/aromatic N) is 2. The molecule has 1 aromatic carbocycles. The van der Waals surface area contributed by atoms with Crippen LogP contribution in [0.5, 0.6) is 0 Å². The van der Waals surface area contributed by atoms with Crippen LogP contribution < -0.4 is 0 Å². The standard InChI is InChI=1S/C10H13FN2O3/c1-2-12(14)10(7-13(15)16)8-3-5-9(11)6-4-8/h3-6,10,14H,2,7H2,1H3. The molecule has 1 aromatic rings. The highest BCUT2D eigenvalue weighted by Crippen LogP contribution is 2.19. The first-order valence-electron chi connectivity index (χ1n) is 4.87. The molecule has 0 aliphatic rings. The number of hydrogen-bond acceptors (Lipinski definition) is 4. The summed E-state index contributed by atoms with van der Waals surface area (Å²) in [5.74, 6) is -0.412. The zero-order valence-electron chi connectivity index (χ0n) is 8.84. The summed E-state index contributed by atoms with van der Waals surface area (Å²) in [7, 11) is 0. The molecule has 88 valence electrons. The van der Waals surface area contributed by atoms with Crippen LogP contribution in [0.3, 0.4) is 0 Å². The molecule has 16 heavy (non-hydrogen) atoms. The van der Waals surface area contributed by atoms with E-state index in [-0.39, 0.29) is 6.54 Å². The number of rotatable bonds is 5. The molecule has 1 rings (SSSR count). The summed E-state index contributed by atoms with van der Waals surface area (Å²) in [4.78, 5) is 9.96. The second-order valence-corrected chi connectivity index (χ2v) is 3.34. The normalized spacial score (nSPS) is 12.8. The minimum absolute atomic E-state index is 0.260. The maximum Gasteiger partial charge on any atom is 0.225 e. The Morgan fingerprint density at radius 2 is 2.06 bits per heavy atom. The van der Waals surface area contributed by atoms with Crippen molar-refractivity contribution in [2.75, 3.05) is 13.1 Å². The van der Waals surface area contributed by atoms with Gasteiger partial charge in [0, 0.05) is 11.5 Å². The SMILES string of the molecule is CCN(O)C(C[N+](=O)[O-])c1ccc(F)cc1. The van der Waals surface area contributed by atoms with Gasteiger partial charge in [-0.15, -0.1) is 0 Å². The maximum absolute atomic E-state index is 12.7. The van der Waals surface area contributed by atoms with Crippen molar-refractivity contribution in [3.05, 3.63) is 45.8 Å². The van der Waals surface area contributed by atoms with Gasteiger partial charge in [0.15, 0.2) is 0 Å². The fraction of sp³-hybridized carbons (Fsp3) is 0.400. The number of benzene rings is 1. The Hall–Kier alpha value is -1.53. The first kappa shape index (κ1) is 12.5. The lowest BCUT2D eigenvalue weighted by Crippen LogP contribution is -2.30. The highest BCUT2D eigenvalue weighted by molar-refractivity contribution is 5.19. The molecule has 1 N–H and O–H groups in total. The van der Waals surface area contributed by atoms with Crippen molar-refractivity contribution in [2.24, 2.45) is 0 Å². The van der Waals surface area contributed by atoms with E-state index in [2.05, 4.69) is 0 Å². The molecule has 0 spiro atoms. The van der Waals surface area contributed by atoms with Gasteiger partial charge in [0.25, 0.3) is 0 Å². The number of halogens is 1. The minimum atomic E-state index is -0.749. The van der Waals surface area contributed by atoms with Crippen molar-refractivity contribution in [1.29, 1.82) is 0 Å². The molecule has 0 heterocycles. The van der Waals surface area contributed by atoms with Crippen LogP contribution in [0.2, 0.25) is 0 Å². The number of hydroxylamine groups is 2. The van der Waals surface area contributed by atoms with Gasteiger partial charge < -0.3 is 5.21 Å². The Morgan fingerprint density at radius 3 is 2.50 bits per heavy atom. The lowest BCUT2D eigenvalue weighted by Gasteiger charge is -2.21. The molecule has 0 amide bonds. The molecule has 0 aromatic heterocycles. The quantitative estimate of drug-likeness (QED) is 0.617. The van der Waals surface area contributed by atoms with Crippen molar-refractivity contribution in [3.63, 3.8) is 0 Å². The first-order valence-corrected chi connectivity index (χ1v) is 4.87. The van der Waals surface area contributed by atoms with Gasteiger partial charge >= 0.3 is 0 Å². The summed E-state index contributed by atoms with van der Waals surface area (Å²) in [5.41, 5.74) is 0.516. The molecule has 5 nitrogen and oxygen atoms in total. The van der Waals surface area contributed by atoms with Crippen LogP contribution in [-0.2, 0) is 0 Å². The zero-order chi connectivity index (χ0) is 12.1. The molecule has 0 bridgehead atoms. The van der Waals surface area contributed by atoms with Crippen LogP contribution in [0.4, 0.5) is 4.39 Å². The summed E-state index contributed by atoms with van der Waals surface area (Å²) in [6.07, 6.45) is 0. The Bertz CT molecular complexity index is 356. The second-order valence-electron chi connectivity index (χ2n) is 3.34. The summed E-state index contributed by atoms with van der Waals surface area (Å²) >= 11 is 0. The van der Waals surface area contributed by atoms with E-state index in [9.17, 15) is 19.7 Å². The smallest absolute Gasteiger partial charge is 0.225 e. The zero-order valence-corrected chi connectivity index (χ0v) is 8.84. The van der Waals surface area contributed by atoms with E-state index in [1.165, 1.54) is 24.3 Å². The molecule has 0 aliphatic heterocycles. The summed E-state index contributed by atoms with van der Waals surface area (Å²) in [5, 5.41) is 20.9. The van der Waals surface area contributed by atoms with Gasteiger partial charge in [0.05, 0.1) is 0 Å². The van der Waals surface area contributed by atoms with Crippen LogP contribution in [-0.4, -0.2) is 28.3 Å². The van der Waals surface area contributed by atoms with Gasteiger partial charge in [-0.2, -0.15) is 5.06 Å². The molecule has 0 aliphatic carbocycles. The van der Waals surface area contributed by atoms with E-state index in [1.807, 2.05) is 0 Å². The third-order valence-corrected chi connectivity index (χ3v) is 2.26. The van der Waals surface area contributed by atoms with Crippen molar-refractivity contribution in [2.45, 2.75) is 13.0 Å². The van der Waals surface area contributed by atoms with Crippen molar-refractivity contribution >= 4 is 0 Å². The van der Waals surface area contributed by atoms with E-state index in [4.69, 9.17) is 0 Å². The average Bonchev–Trinajstić information content (AvgIpc) is 2.26. The van der Waals surface area contributed by atoms with Crippen LogP contribution in [0.25, 0.3) is 0 Å². The lowest BCUT2D eigenvalue weighted by atomic mass is 10.1. The Morgan fingerprint density at radius 1 is 1.50 bits per heavy atom. The van der Waals surface area contributed by atoms with Gasteiger partial charge in [-0.05, 0) is 17.7 Å². The first-order chi connectivity index (χ1) is 7.54. The molecule has 0 saturated heterocycles. The number of likely N-dealkylation sites (N-methyl/N-ethyl adjacent to an activating group) is 1. The van der Waals surface area contributed by atoms with Gasteiger partial charge in [-0.1, -0.05) is 19.1 Å². The number of nitro groups is 1. The van der Waals surface area contributed by atoms with E-state index in [0.29, 0.717) is 5.56 Å². The number of hydrogen-bond donors (Lipinski definition) is 1. The Kier molecular flexibility index (Phi) is 4.33. The van der Waals surface area contributed by atoms with Gasteiger partial charge in [0.2, 0.25) is 6.54 Å². The molecule has 6 heteroatoms. The molecule has 1 atom stereocenters. The molecule has 0 radical (unpaired) electrons. The highest BCUT2D eigenvalue weighted by atomic mass is 19.1. The molecular formula is C10H13FN2O3. The summed E-state index contributed by atoms with van der Waals surface area (Å²) in [6.45, 7) is 1.52. The van der Waals surface area contributed by atoms with Crippen LogP contribution in [0.15, 0.2) is 24.3 Å². The second kappa shape index (κ2) is 5.53. The van der Waals surface area contributed by atoms with Gasteiger partial charge in [-0.25, -0.2) is 4.39 Å². The molecule has 0 saturated carbocycles. The van der Waals surface area contributed by atoms with Crippen LogP contribution in [0.1, 0.15) is 18.5 Å². The Balaban J connectivity index is 2.91. The fourth-order valence-corrected chi connectivity index (χ4v) is 1.42. The van der Waals surface area contributed by atoms with Gasteiger partial charge in [-0.3, -0.25) is 10.1 Å². The lowest BCUT2D eigenvalue weighted by molar-refractivity contribution is -0.492. The largest absolute Gasteiger partial charge is 0.313 e. The summed E-state index contributed by atoms with van der Waals surface area (Å²) < 4.78 is 12.7. The topological polar surface area (TPSA) is 66.6 Å². The molecular weight excluding hydrogens is 215 g/mol. The van der Waals surface area contributed by atoms with E-state index < -0.39 is 23.3 Å².